The van der Waals surface area contributed by atoms with Crippen molar-refractivity contribution in [2.24, 2.45) is 0 Å². The Balaban J connectivity index is 1.83. The smallest absolute Gasteiger partial charge is 0.336 e. The monoisotopic (exact) mass is 357 g/mol. The van der Waals surface area contributed by atoms with Gasteiger partial charge in [-0.15, -0.1) is 11.8 Å². The number of aromatic carboxylic acids is 1. The van der Waals surface area contributed by atoms with Crippen molar-refractivity contribution < 1.29 is 24.2 Å². The van der Waals surface area contributed by atoms with Crippen LogP contribution in [-0.2, 0) is 9.59 Å². The molecule has 0 aliphatic carbocycles. The fraction of sp³-hybridized carbons (Fsp3) is 0.167. The van der Waals surface area contributed by atoms with E-state index in [0.717, 1.165) is 16.7 Å². The Morgan fingerprint density at radius 3 is 2.48 bits per heavy atom. The van der Waals surface area contributed by atoms with Gasteiger partial charge in [0.25, 0.3) is 0 Å². The minimum Gasteiger partial charge on any atom is -0.497 e. The molecule has 1 aliphatic rings. The standard InChI is InChI=1S/C18H15NO5S/c1-24-12-8-6-11(7-9-12)19-16(20)10-15(17(19)21)25-14-5-3-2-4-13(14)18(22)23/h2-9,15H,10H2,1H3,(H,22,23)/t15-/m0/s1. The number of thioether (sulfide) groups is 1. The number of carboxylic acid groups (broad SMARTS) is 1. The SMILES string of the molecule is COc1ccc(N2C(=O)C[C@H](Sc3ccccc3C(=O)O)C2=O)cc1. The quantitative estimate of drug-likeness (QED) is 0.829. The summed E-state index contributed by atoms with van der Waals surface area (Å²) in [6.07, 6.45) is 0.0312. The number of anilines is 1. The second-order valence-electron chi connectivity index (χ2n) is 5.38. The fourth-order valence-electron chi connectivity index (χ4n) is 2.60. The molecule has 1 fully saturated rings. The van der Waals surface area contributed by atoms with Crippen molar-refractivity contribution in [3.8, 4) is 5.75 Å². The van der Waals surface area contributed by atoms with Gasteiger partial charge in [-0.25, -0.2) is 9.69 Å². The molecule has 0 spiro atoms. The highest BCUT2D eigenvalue weighted by atomic mass is 32.2. The van der Waals surface area contributed by atoms with E-state index in [2.05, 4.69) is 0 Å². The molecule has 7 heteroatoms. The van der Waals surface area contributed by atoms with E-state index in [4.69, 9.17) is 4.74 Å². The topological polar surface area (TPSA) is 83.9 Å². The minimum atomic E-state index is -1.06. The zero-order valence-corrected chi connectivity index (χ0v) is 14.2. The second-order valence-corrected chi connectivity index (χ2v) is 6.62. The summed E-state index contributed by atoms with van der Waals surface area (Å²) >= 11 is 1.11. The maximum atomic E-state index is 12.7. The number of amides is 2. The Labute approximate surface area is 148 Å². The molecule has 6 nitrogen and oxygen atoms in total. The maximum absolute atomic E-state index is 12.7. The number of benzene rings is 2. The van der Waals surface area contributed by atoms with Crippen LogP contribution in [-0.4, -0.2) is 35.2 Å². The highest BCUT2D eigenvalue weighted by molar-refractivity contribution is 8.00. The Morgan fingerprint density at radius 1 is 1.16 bits per heavy atom. The zero-order chi connectivity index (χ0) is 18.0. The first-order valence-corrected chi connectivity index (χ1v) is 8.39. The predicted molar refractivity (Wildman–Crippen MR) is 93.2 cm³/mol. The zero-order valence-electron chi connectivity index (χ0n) is 13.3. The van der Waals surface area contributed by atoms with Crippen LogP contribution in [0.4, 0.5) is 5.69 Å². The van der Waals surface area contributed by atoms with E-state index in [1.54, 1.807) is 42.5 Å². The van der Waals surface area contributed by atoms with Crippen LogP contribution in [0.2, 0.25) is 0 Å². The molecule has 1 N–H and O–H groups in total. The first kappa shape index (κ1) is 17.0. The third-order valence-corrected chi connectivity index (χ3v) is 5.09. The molecular weight excluding hydrogens is 342 g/mol. The van der Waals surface area contributed by atoms with E-state index in [1.165, 1.54) is 13.2 Å². The van der Waals surface area contributed by atoms with E-state index >= 15 is 0 Å². The molecule has 0 radical (unpaired) electrons. The molecule has 3 rings (SSSR count). The van der Waals surface area contributed by atoms with Gasteiger partial charge in [-0.3, -0.25) is 9.59 Å². The number of rotatable bonds is 5. The third kappa shape index (κ3) is 3.36. The van der Waals surface area contributed by atoms with Crippen LogP contribution in [0.3, 0.4) is 0 Å². The van der Waals surface area contributed by atoms with Crippen molar-refractivity contribution in [3.63, 3.8) is 0 Å². The summed E-state index contributed by atoms with van der Waals surface area (Å²) in [6.45, 7) is 0. The molecule has 1 heterocycles. The number of carbonyl (C=O) groups is 3. The van der Waals surface area contributed by atoms with Gasteiger partial charge in [0.05, 0.1) is 23.6 Å². The highest BCUT2D eigenvalue weighted by Crippen LogP contribution is 2.35. The van der Waals surface area contributed by atoms with Crippen LogP contribution >= 0.6 is 11.8 Å². The summed E-state index contributed by atoms with van der Waals surface area (Å²) < 4.78 is 5.07. The van der Waals surface area contributed by atoms with E-state index in [-0.39, 0.29) is 23.8 Å². The van der Waals surface area contributed by atoms with Crippen molar-refractivity contribution in [3.05, 3.63) is 54.1 Å². The maximum Gasteiger partial charge on any atom is 0.336 e. The van der Waals surface area contributed by atoms with Crippen molar-refractivity contribution in [1.29, 1.82) is 0 Å². The first-order chi connectivity index (χ1) is 12.0. The number of carboxylic acids is 1. The second kappa shape index (κ2) is 6.98. The number of methoxy groups -OCH3 is 1. The van der Waals surface area contributed by atoms with Crippen molar-refractivity contribution in [1.82, 2.24) is 0 Å². The molecule has 25 heavy (non-hydrogen) atoms. The van der Waals surface area contributed by atoms with Gasteiger partial charge in [0.15, 0.2) is 0 Å². The highest BCUT2D eigenvalue weighted by Gasteiger charge is 2.40. The Kier molecular flexibility index (Phi) is 4.76. The summed E-state index contributed by atoms with van der Waals surface area (Å²) in [5.74, 6) is -1.09. The van der Waals surface area contributed by atoms with E-state index < -0.39 is 11.2 Å². The molecule has 0 aromatic heterocycles. The third-order valence-electron chi connectivity index (χ3n) is 3.82. The van der Waals surface area contributed by atoms with Gasteiger partial charge in [-0.1, -0.05) is 12.1 Å². The van der Waals surface area contributed by atoms with Gasteiger partial charge < -0.3 is 9.84 Å². The minimum absolute atomic E-state index is 0.0312. The predicted octanol–water partition coefficient (Wildman–Crippen LogP) is 2.82. The number of imide groups is 1. The lowest BCUT2D eigenvalue weighted by Gasteiger charge is -2.15. The lowest BCUT2D eigenvalue weighted by Crippen LogP contribution is -2.31. The number of hydrogen-bond acceptors (Lipinski definition) is 5. The average Bonchev–Trinajstić information content (AvgIpc) is 2.89. The van der Waals surface area contributed by atoms with Crippen LogP contribution in [0.1, 0.15) is 16.8 Å². The van der Waals surface area contributed by atoms with E-state index in [9.17, 15) is 19.5 Å². The van der Waals surface area contributed by atoms with Gasteiger partial charge in [-0.05, 0) is 36.4 Å². The van der Waals surface area contributed by atoms with Gasteiger partial charge in [0.1, 0.15) is 5.75 Å². The van der Waals surface area contributed by atoms with Gasteiger partial charge in [-0.2, -0.15) is 0 Å². The summed E-state index contributed by atoms with van der Waals surface area (Å²) in [5, 5.41) is 8.61. The van der Waals surface area contributed by atoms with Gasteiger partial charge >= 0.3 is 5.97 Å². The Hall–Kier alpha value is -2.80. The number of ether oxygens (including phenoxy) is 1. The van der Waals surface area contributed by atoms with E-state index in [1.807, 2.05) is 0 Å². The molecule has 2 aromatic carbocycles. The molecule has 2 aromatic rings. The largest absolute Gasteiger partial charge is 0.497 e. The molecule has 0 saturated carbocycles. The van der Waals surface area contributed by atoms with E-state index in [0.29, 0.717) is 16.3 Å². The van der Waals surface area contributed by atoms with Crippen LogP contribution in [0, 0.1) is 0 Å². The van der Waals surface area contributed by atoms with Crippen molar-refractivity contribution >= 4 is 35.2 Å². The molecular formula is C18H15NO5S. The number of nitrogens with zero attached hydrogens (tertiary/aromatic N) is 1. The van der Waals surface area contributed by atoms with Gasteiger partial charge in [0, 0.05) is 11.3 Å². The Morgan fingerprint density at radius 2 is 1.84 bits per heavy atom. The molecule has 0 unspecified atom stereocenters. The molecule has 0 bridgehead atoms. The van der Waals surface area contributed by atoms with Crippen molar-refractivity contribution in [2.75, 3.05) is 12.0 Å². The Bertz CT molecular complexity index is 834. The van der Waals surface area contributed by atoms with Crippen LogP contribution in [0.25, 0.3) is 0 Å². The molecule has 2 amide bonds. The fourth-order valence-corrected chi connectivity index (χ4v) is 3.78. The number of hydrogen-bond donors (Lipinski definition) is 1. The summed E-state index contributed by atoms with van der Waals surface area (Å²) in [4.78, 5) is 37.9. The molecule has 1 aliphatic heterocycles. The lowest BCUT2D eigenvalue weighted by atomic mass is 10.2. The average molecular weight is 357 g/mol. The van der Waals surface area contributed by atoms with Crippen LogP contribution < -0.4 is 9.64 Å². The molecule has 1 atom stereocenters. The first-order valence-electron chi connectivity index (χ1n) is 7.51. The van der Waals surface area contributed by atoms with Crippen molar-refractivity contribution in [2.45, 2.75) is 16.6 Å². The normalized spacial score (nSPS) is 17.0. The summed E-state index contributed by atoms with van der Waals surface area (Å²) in [6, 6.07) is 13.1. The van der Waals surface area contributed by atoms with Gasteiger partial charge in [0.2, 0.25) is 11.8 Å². The molecule has 128 valence electrons. The van der Waals surface area contributed by atoms with Crippen LogP contribution in [0.5, 0.6) is 5.75 Å². The molecule has 1 saturated heterocycles. The number of carbonyl (C=O) groups excluding carboxylic acids is 2. The van der Waals surface area contributed by atoms with Crippen LogP contribution in [0.15, 0.2) is 53.4 Å². The lowest BCUT2D eigenvalue weighted by molar-refractivity contribution is -0.121. The summed E-state index contributed by atoms with van der Waals surface area (Å²) in [7, 11) is 1.54. The summed E-state index contributed by atoms with van der Waals surface area (Å²) in [5.41, 5.74) is 0.598.